The fourth-order valence-electron chi connectivity index (χ4n) is 5.95. The van der Waals surface area contributed by atoms with Crippen LogP contribution in [0, 0.1) is 11.3 Å². The minimum atomic E-state index is -4.36. The summed E-state index contributed by atoms with van der Waals surface area (Å²) in [5.74, 6) is 0.370. The summed E-state index contributed by atoms with van der Waals surface area (Å²) in [7, 11) is 1.71. The SMILES string of the molecule is CO[C@@H]1COCCC1N[C@@H]1CCC(C(=O)N2CC=C(c3cccc(C(F)(F)F)c3)CC2)(C(C)C)C1. The van der Waals surface area contributed by atoms with Crippen LogP contribution in [0.3, 0.4) is 0 Å². The van der Waals surface area contributed by atoms with Crippen molar-refractivity contribution in [3.8, 4) is 0 Å². The van der Waals surface area contributed by atoms with E-state index in [0.717, 1.165) is 37.3 Å². The van der Waals surface area contributed by atoms with E-state index in [0.29, 0.717) is 38.3 Å². The van der Waals surface area contributed by atoms with Crippen molar-refractivity contribution in [2.45, 2.75) is 70.3 Å². The maximum Gasteiger partial charge on any atom is 0.416 e. The number of methoxy groups -OCH3 is 1. The van der Waals surface area contributed by atoms with Gasteiger partial charge in [-0.05, 0) is 61.3 Å². The van der Waals surface area contributed by atoms with Gasteiger partial charge in [0.25, 0.3) is 0 Å². The lowest BCUT2D eigenvalue weighted by molar-refractivity contribution is -0.144. The van der Waals surface area contributed by atoms with E-state index in [4.69, 9.17) is 9.47 Å². The van der Waals surface area contributed by atoms with Gasteiger partial charge in [-0.1, -0.05) is 32.1 Å². The predicted molar refractivity (Wildman–Crippen MR) is 129 cm³/mol. The van der Waals surface area contributed by atoms with Crippen molar-refractivity contribution >= 4 is 11.5 Å². The van der Waals surface area contributed by atoms with Crippen molar-refractivity contribution in [1.82, 2.24) is 10.2 Å². The van der Waals surface area contributed by atoms with Crippen molar-refractivity contribution in [3.63, 3.8) is 0 Å². The minimum Gasteiger partial charge on any atom is -0.379 e. The first-order chi connectivity index (χ1) is 16.6. The van der Waals surface area contributed by atoms with E-state index in [1.54, 1.807) is 13.2 Å². The van der Waals surface area contributed by atoms with Crippen molar-refractivity contribution in [1.29, 1.82) is 0 Å². The maximum absolute atomic E-state index is 13.8. The first-order valence-electron chi connectivity index (χ1n) is 12.7. The molecule has 3 aliphatic rings. The fraction of sp³-hybridized carbons (Fsp3) is 0.667. The molecule has 4 atom stereocenters. The first kappa shape index (κ1) is 26.2. The normalized spacial score (nSPS) is 30.0. The molecule has 1 aliphatic carbocycles. The molecular formula is C27H37F3N2O3. The van der Waals surface area contributed by atoms with Crippen LogP contribution < -0.4 is 5.32 Å². The quantitative estimate of drug-likeness (QED) is 0.611. The molecular weight excluding hydrogens is 457 g/mol. The summed E-state index contributed by atoms with van der Waals surface area (Å²) < 4.78 is 50.5. The lowest BCUT2D eigenvalue weighted by Gasteiger charge is -2.39. The summed E-state index contributed by atoms with van der Waals surface area (Å²) in [4.78, 5) is 15.7. The largest absolute Gasteiger partial charge is 0.416 e. The lowest BCUT2D eigenvalue weighted by atomic mass is 9.74. The van der Waals surface area contributed by atoms with Gasteiger partial charge in [-0.25, -0.2) is 0 Å². The van der Waals surface area contributed by atoms with Crippen LogP contribution in [0.5, 0.6) is 0 Å². The Balaban J connectivity index is 1.43. The molecule has 1 amide bonds. The van der Waals surface area contributed by atoms with Crippen LogP contribution in [0.4, 0.5) is 13.2 Å². The molecule has 0 spiro atoms. The number of hydrogen-bond acceptors (Lipinski definition) is 4. The molecule has 2 unspecified atom stereocenters. The summed E-state index contributed by atoms with van der Waals surface area (Å²) >= 11 is 0. The Bertz CT molecular complexity index is 932. The summed E-state index contributed by atoms with van der Waals surface area (Å²) in [6, 6.07) is 5.94. The number of ether oxygens (including phenoxy) is 2. The average molecular weight is 495 g/mol. The second-order valence-electron chi connectivity index (χ2n) is 10.5. The molecule has 5 nitrogen and oxygen atoms in total. The van der Waals surface area contributed by atoms with Crippen LogP contribution in [0.2, 0.25) is 0 Å². The van der Waals surface area contributed by atoms with E-state index in [-0.39, 0.29) is 30.0 Å². The molecule has 194 valence electrons. The Morgan fingerprint density at radius 1 is 1.29 bits per heavy atom. The molecule has 1 N–H and O–H groups in total. The van der Waals surface area contributed by atoms with Crippen molar-refractivity contribution < 1.29 is 27.4 Å². The number of hydrogen-bond donors (Lipinski definition) is 1. The van der Waals surface area contributed by atoms with E-state index >= 15 is 0 Å². The maximum atomic E-state index is 13.8. The number of nitrogens with zero attached hydrogens (tertiary/aromatic N) is 1. The fourth-order valence-corrected chi connectivity index (χ4v) is 5.95. The van der Waals surface area contributed by atoms with Gasteiger partial charge in [0.2, 0.25) is 5.91 Å². The van der Waals surface area contributed by atoms with E-state index in [1.165, 1.54) is 12.1 Å². The third kappa shape index (κ3) is 5.59. The number of carbonyl (C=O) groups is 1. The first-order valence-corrected chi connectivity index (χ1v) is 12.7. The molecule has 0 bridgehead atoms. The Kier molecular flexibility index (Phi) is 7.93. The molecule has 2 fully saturated rings. The molecule has 4 rings (SSSR count). The zero-order valence-electron chi connectivity index (χ0n) is 20.9. The van der Waals surface area contributed by atoms with E-state index < -0.39 is 17.2 Å². The number of halogens is 3. The topological polar surface area (TPSA) is 50.8 Å². The van der Waals surface area contributed by atoms with Gasteiger partial charge in [0.1, 0.15) is 0 Å². The highest BCUT2D eigenvalue weighted by molar-refractivity contribution is 5.84. The highest BCUT2D eigenvalue weighted by Crippen LogP contribution is 2.46. The Labute approximate surface area is 206 Å². The number of amides is 1. The van der Waals surface area contributed by atoms with Gasteiger partial charge in [-0.2, -0.15) is 13.2 Å². The Morgan fingerprint density at radius 2 is 2.09 bits per heavy atom. The molecule has 1 saturated carbocycles. The van der Waals surface area contributed by atoms with Crippen LogP contribution in [0.15, 0.2) is 30.3 Å². The average Bonchev–Trinajstić information content (AvgIpc) is 3.29. The molecule has 2 heterocycles. The Morgan fingerprint density at radius 3 is 2.74 bits per heavy atom. The van der Waals surface area contributed by atoms with Crippen LogP contribution in [0.1, 0.15) is 57.1 Å². The van der Waals surface area contributed by atoms with E-state index in [1.807, 2.05) is 11.0 Å². The third-order valence-corrected chi connectivity index (χ3v) is 8.19. The van der Waals surface area contributed by atoms with E-state index in [2.05, 4.69) is 19.2 Å². The predicted octanol–water partition coefficient (Wildman–Crippen LogP) is 4.91. The third-order valence-electron chi connectivity index (χ3n) is 8.19. The zero-order chi connectivity index (χ0) is 25.2. The highest BCUT2D eigenvalue weighted by atomic mass is 19.4. The molecule has 35 heavy (non-hydrogen) atoms. The van der Waals surface area contributed by atoms with Gasteiger partial charge in [-0.15, -0.1) is 0 Å². The van der Waals surface area contributed by atoms with Crippen LogP contribution in [0.25, 0.3) is 5.57 Å². The zero-order valence-corrected chi connectivity index (χ0v) is 20.9. The summed E-state index contributed by atoms with van der Waals surface area (Å²) in [6.45, 7) is 6.51. The minimum absolute atomic E-state index is 0.0232. The van der Waals surface area contributed by atoms with Crippen molar-refractivity contribution in [3.05, 3.63) is 41.5 Å². The number of alkyl halides is 3. The van der Waals surface area contributed by atoms with Crippen LogP contribution in [-0.2, 0) is 20.4 Å². The van der Waals surface area contributed by atoms with Gasteiger partial charge in [0.15, 0.2) is 0 Å². The molecule has 1 aromatic rings. The highest BCUT2D eigenvalue weighted by Gasteiger charge is 2.49. The number of benzene rings is 1. The van der Waals surface area contributed by atoms with Gasteiger partial charge in [0, 0.05) is 38.9 Å². The van der Waals surface area contributed by atoms with Gasteiger partial charge in [-0.3, -0.25) is 4.79 Å². The molecule has 1 aromatic carbocycles. The van der Waals surface area contributed by atoms with Crippen LogP contribution >= 0.6 is 0 Å². The second kappa shape index (κ2) is 10.6. The van der Waals surface area contributed by atoms with Crippen molar-refractivity contribution in [2.75, 3.05) is 33.4 Å². The molecule has 1 saturated heterocycles. The summed E-state index contributed by atoms with van der Waals surface area (Å²) in [6.07, 6.45) is 1.60. The second-order valence-corrected chi connectivity index (χ2v) is 10.5. The van der Waals surface area contributed by atoms with Crippen molar-refractivity contribution in [2.24, 2.45) is 11.3 Å². The molecule has 0 aromatic heterocycles. The van der Waals surface area contributed by atoms with E-state index in [9.17, 15) is 18.0 Å². The monoisotopic (exact) mass is 494 g/mol. The van der Waals surface area contributed by atoms with Gasteiger partial charge >= 0.3 is 6.18 Å². The molecule has 8 heteroatoms. The molecule has 2 aliphatic heterocycles. The number of rotatable bonds is 6. The number of nitrogens with one attached hydrogen (secondary N) is 1. The standard InChI is InChI=1S/C27H37F3N2O3/c1-18(2)26(11-7-22(16-26)31-23-10-14-35-17-24(23)34-3)25(33)32-12-8-19(9-13-32)20-5-4-6-21(15-20)27(28,29)30/h4-6,8,15,18,22-24,31H,7,9-14,16-17H2,1-3H3/t22-,23?,24-,26?/m1/s1. The lowest BCUT2D eigenvalue weighted by Crippen LogP contribution is -2.52. The van der Waals surface area contributed by atoms with Gasteiger partial charge < -0.3 is 19.7 Å². The smallest absolute Gasteiger partial charge is 0.379 e. The number of carbonyl (C=O) groups excluding carboxylic acids is 1. The van der Waals surface area contributed by atoms with Gasteiger partial charge in [0.05, 0.1) is 23.7 Å². The molecule has 0 radical (unpaired) electrons. The summed E-state index contributed by atoms with van der Waals surface area (Å²) in [5.41, 5.74) is 0.389. The summed E-state index contributed by atoms with van der Waals surface area (Å²) in [5, 5.41) is 3.75. The Hall–Kier alpha value is -1.90. The van der Waals surface area contributed by atoms with Crippen LogP contribution in [-0.4, -0.2) is 62.4 Å².